The first kappa shape index (κ1) is 14.1. The molecule has 0 saturated carbocycles. The van der Waals surface area contributed by atoms with Crippen LogP contribution < -0.4 is 5.73 Å². The van der Waals surface area contributed by atoms with Gasteiger partial charge < -0.3 is 5.73 Å². The smallest absolute Gasteiger partial charge is 0.194 e. The van der Waals surface area contributed by atoms with Gasteiger partial charge in [0, 0.05) is 12.1 Å². The number of halogens is 4. The summed E-state index contributed by atoms with van der Waals surface area (Å²) in [4.78, 5) is 0. The summed E-state index contributed by atoms with van der Waals surface area (Å²) in [6, 6.07) is 1.05. The molecule has 102 valence electrons. The maximum Gasteiger partial charge on any atom is 0.194 e. The highest BCUT2D eigenvalue weighted by Gasteiger charge is 2.23. The van der Waals surface area contributed by atoms with Crippen LogP contribution in [0.4, 0.5) is 13.2 Å². The van der Waals surface area contributed by atoms with Crippen LogP contribution in [0, 0.1) is 17.5 Å². The predicted molar refractivity (Wildman–Crippen MR) is 67.9 cm³/mol. The number of nitrogens with two attached hydrogens (primary N) is 1. The van der Waals surface area contributed by atoms with Gasteiger partial charge in [-0.3, -0.25) is 4.68 Å². The molecule has 2 N–H and O–H groups in total. The van der Waals surface area contributed by atoms with Gasteiger partial charge in [-0.05, 0) is 28.9 Å². The molecule has 2 rings (SSSR count). The van der Waals surface area contributed by atoms with Crippen LogP contribution in [0.25, 0.3) is 0 Å². The first-order chi connectivity index (χ1) is 8.97. The largest absolute Gasteiger partial charge is 0.319 e. The summed E-state index contributed by atoms with van der Waals surface area (Å²) < 4.78 is 42.0. The molecule has 0 aliphatic heterocycles. The van der Waals surface area contributed by atoms with E-state index in [-0.39, 0.29) is 5.56 Å². The zero-order valence-corrected chi connectivity index (χ0v) is 11.6. The van der Waals surface area contributed by atoms with Crippen LogP contribution in [-0.4, -0.2) is 9.78 Å². The first-order valence-corrected chi connectivity index (χ1v) is 6.36. The molecule has 0 fully saturated rings. The summed E-state index contributed by atoms with van der Waals surface area (Å²) >= 11 is 3.26. The van der Waals surface area contributed by atoms with Crippen molar-refractivity contribution in [2.24, 2.45) is 5.73 Å². The van der Waals surface area contributed by atoms with Crippen molar-refractivity contribution in [3.8, 4) is 0 Å². The Hall–Kier alpha value is -1.34. The highest BCUT2D eigenvalue weighted by molar-refractivity contribution is 9.10. The fourth-order valence-electron chi connectivity index (χ4n) is 1.86. The van der Waals surface area contributed by atoms with E-state index in [1.165, 1.54) is 6.20 Å². The molecule has 0 spiro atoms. The Bertz CT molecular complexity index is 613. The standard InChI is InChI=1S/C12H11BrF3N3/c1-2-19-12(7(13)5-18-19)11(17)6-3-4-8(14)10(16)9(6)15/h3-5,11H,2,17H2,1H3. The lowest BCUT2D eigenvalue weighted by Gasteiger charge is -2.15. The SMILES string of the molecule is CCn1ncc(Br)c1C(N)c1ccc(F)c(F)c1F. The van der Waals surface area contributed by atoms with E-state index in [0.717, 1.165) is 12.1 Å². The summed E-state index contributed by atoms with van der Waals surface area (Å²) in [5, 5.41) is 4.05. The highest BCUT2D eigenvalue weighted by Crippen LogP contribution is 2.29. The summed E-state index contributed by atoms with van der Waals surface area (Å²) in [7, 11) is 0. The fourth-order valence-corrected chi connectivity index (χ4v) is 2.40. The maximum atomic E-state index is 13.7. The second-order valence-electron chi connectivity index (χ2n) is 3.94. The number of aryl methyl sites for hydroxylation is 1. The second-order valence-corrected chi connectivity index (χ2v) is 4.79. The Kier molecular flexibility index (Phi) is 3.96. The summed E-state index contributed by atoms with van der Waals surface area (Å²) in [6.07, 6.45) is 1.52. The molecule has 3 nitrogen and oxygen atoms in total. The molecule has 1 heterocycles. The Balaban J connectivity index is 2.53. The van der Waals surface area contributed by atoms with Crippen LogP contribution >= 0.6 is 15.9 Å². The predicted octanol–water partition coefficient (Wildman–Crippen LogP) is 3.13. The monoisotopic (exact) mass is 333 g/mol. The third-order valence-electron chi connectivity index (χ3n) is 2.83. The molecule has 19 heavy (non-hydrogen) atoms. The van der Waals surface area contributed by atoms with Crippen LogP contribution in [0.5, 0.6) is 0 Å². The average Bonchev–Trinajstić information content (AvgIpc) is 2.76. The molecule has 0 bridgehead atoms. The van der Waals surface area contributed by atoms with Gasteiger partial charge >= 0.3 is 0 Å². The zero-order chi connectivity index (χ0) is 14.2. The molecule has 7 heteroatoms. The lowest BCUT2D eigenvalue weighted by molar-refractivity contribution is 0.436. The lowest BCUT2D eigenvalue weighted by atomic mass is 10.0. The van der Waals surface area contributed by atoms with Crippen molar-refractivity contribution in [3.05, 3.63) is 51.5 Å². The van der Waals surface area contributed by atoms with E-state index < -0.39 is 23.5 Å². The highest BCUT2D eigenvalue weighted by atomic mass is 79.9. The van der Waals surface area contributed by atoms with Crippen molar-refractivity contribution in [1.29, 1.82) is 0 Å². The van der Waals surface area contributed by atoms with Gasteiger partial charge in [-0.2, -0.15) is 5.10 Å². The minimum absolute atomic E-state index is 0.116. The Morgan fingerprint density at radius 1 is 1.32 bits per heavy atom. The van der Waals surface area contributed by atoms with Gasteiger partial charge in [0.15, 0.2) is 17.5 Å². The van der Waals surface area contributed by atoms with E-state index >= 15 is 0 Å². The molecular weight excluding hydrogens is 323 g/mol. The average molecular weight is 334 g/mol. The van der Waals surface area contributed by atoms with E-state index in [4.69, 9.17) is 5.73 Å². The van der Waals surface area contributed by atoms with Gasteiger partial charge in [0.2, 0.25) is 0 Å². The minimum Gasteiger partial charge on any atom is -0.319 e. The van der Waals surface area contributed by atoms with E-state index in [1.807, 2.05) is 6.92 Å². The number of hydrogen-bond donors (Lipinski definition) is 1. The van der Waals surface area contributed by atoms with Crippen LogP contribution in [0.15, 0.2) is 22.8 Å². The van der Waals surface area contributed by atoms with Crippen molar-refractivity contribution in [2.45, 2.75) is 19.5 Å². The lowest BCUT2D eigenvalue weighted by Crippen LogP contribution is -2.19. The topological polar surface area (TPSA) is 43.8 Å². The molecule has 0 radical (unpaired) electrons. The molecule has 2 aromatic rings. The molecule has 0 saturated heterocycles. The quantitative estimate of drug-likeness (QED) is 0.877. The molecule has 1 unspecified atom stereocenters. The summed E-state index contributed by atoms with van der Waals surface area (Å²) in [6.45, 7) is 2.37. The second kappa shape index (κ2) is 5.34. The Morgan fingerprint density at radius 2 is 2.00 bits per heavy atom. The van der Waals surface area contributed by atoms with Gasteiger partial charge in [-0.15, -0.1) is 0 Å². The molecule has 1 atom stereocenters. The van der Waals surface area contributed by atoms with Crippen molar-refractivity contribution in [3.63, 3.8) is 0 Å². The number of aromatic nitrogens is 2. The van der Waals surface area contributed by atoms with Crippen molar-refractivity contribution in [2.75, 3.05) is 0 Å². The Labute approximate surface area is 116 Å². The van der Waals surface area contributed by atoms with Crippen LogP contribution in [0.2, 0.25) is 0 Å². The van der Waals surface area contributed by atoms with Crippen LogP contribution in [-0.2, 0) is 6.54 Å². The van der Waals surface area contributed by atoms with E-state index in [0.29, 0.717) is 16.7 Å². The molecular formula is C12H11BrF3N3. The maximum absolute atomic E-state index is 13.7. The molecule has 0 aliphatic rings. The van der Waals surface area contributed by atoms with E-state index in [1.54, 1.807) is 4.68 Å². The molecule has 0 amide bonds. The number of benzene rings is 1. The van der Waals surface area contributed by atoms with Gasteiger partial charge in [-0.1, -0.05) is 6.07 Å². The van der Waals surface area contributed by atoms with Gasteiger partial charge in [0.1, 0.15) is 0 Å². The van der Waals surface area contributed by atoms with Crippen molar-refractivity contribution in [1.82, 2.24) is 9.78 Å². The zero-order valence-electron chi connectivity index (χ0n) is 10.0. The van der Waals surface area contributed by atoms with Crippen LogP contribution in [0.1, 0.15) is 24.2 Å². The summed E-state index contributed by atoms with van der Waals surface area (Å²) in [5.41, 5.74) is 6.33. The fraction of sp³-hybridized carbons (Fsp3) is 0.250. The Morgan fingerprint density at radius 3 is 2.63 bits per heavy atom. The van der Waals surface area contributed by atoms with E-state index in [9.17, 15) is 13.2 Å². The van der Waals surface area contributed by atoms with E-state index in [2.05, 4.69) is 21.0 Å². The third-order valence-corrected chi connectivity index (χ3v) is 3.44. The van der Waals surface area contributed by atoms with Crippen molar-refractivity contribution < 1.29 is 13.2 Å². The van der Waals surface area contributed by atoms with Crippen molar-refractivity contribution >= 4 is 15.9 Å². The normalized spacial score (nSPS) is 12.7. The third kappa shape index (κ3) is 2.40. The number of nitrogens with zero attached hydrogens (tertiary/aromatic N) is 2. The van der Waals surface area contributed by atoms with Crippen LogP contribution in [0.3, 0.4) is 0 Å². The molecule has 1 aromatic carbocycles. The number of rotatable bonds is 3. The molecule has 0 aliphatic carbocycles. The van der Waals surface area contributed by atoms with Gasteiger partial charge in [0.05, 0.1) is 22.4 Å². The van der Waals surface area contributed by atoms with Gasteiger partial charge in [0.25, 0.3) is 0 Å². The minimum atomic E-state index is -1.52. The van der Waals surface area contributed by atoms with Gasteiger partial charge in [-0.25, -0.2) is 13.2 Å². The molecule has 1 aromatic heterocycles. The summed E-state index contributed by atoms with van der Waals surface area (Å²) in [5.74, 6) is -4.04. The number of hydrogen-bond acceptors (Lipinski definition) is 2. The first-order valence-electron chi connectivity index (χ1n) is 5.57.